The van der Waals surface area contributed by atoms with Crippen LogP contribution in [0.25, 0.3) is 11.4 Å². The Morgan fingerprint density at radius 1 is 0.839 bits per heavy atom. The van der Waals surface area contributed by atoms with Gasteiger partial charge in [0.2, 0.25) is 0 Å². The molecular weight excluding hydrogens is 404 g/mol. The Balaban J connectivity index is 1.58. The fourth-order valence-corrected chi connectivity index (χ4v) is 4.71. The van der Waals surface area contributed by atoms with E-state index in [2.05, 4.69) is 46.8 Å². The summed E-state index contributed by atoms with van der Waals surface area (Å²) in [5, 5.41) is 9.22. The number of rotatable bonds is 6. The van der Waals surface area contributed by atoms with E-state index >= 15 is 0 Å². The summed E-state index contributed by atoms with van der Waals surface area (Å²) in [5.74, 6) is 1.20. The zero-order valence-corrected chi connectivity index (χ0v) is 19.3. The van der Waals surface area contributed by atoms with Crippen molar-refractivity contribution in [2.75, 3.05) is 5.75 Å². The van der Waals surface area contributed by atoms with Crippen molar-refractivity contribution in [3.63, 3.8) is 0 Å². The highest BCUT2D eigenvalue weighted by atomic mass is 32.2. The number of aromatic nitrogens is 4. The van der Waals surface area contributed by atoms with Crippen LogP contribution in [0.15, 0.2) is 59.8 Å². The molecule has 0 unspecified atom stereocenters. The zero-order valence-electron chi connectivity index (χ0n) is 18.5. The Morgan fingerprint density at radius 2 is 1.58 bits per heavy atom. The molecule has 0 aliphatic carbocycles. The molecule has 0 saturated heterocycles. The van der Waals surface area contributed by atoms with Gasteiger partial charge in [-0.2, -0.15) is 0 Å². The largest absolute Gasteiger partial charge is 0.318 e. The molecule has 0 atom stereocenters. The van der Waals surface area contributed by atoms with Crippen LogP contribution in [0.1, 0.15) is 38.7 Å². The molecule has 4 rings (SSSR count). The third-order valence-electron chi connectivity index (χ3n) is 5.62. The van der Waals surface area contributed by atoms with E-state index in [1.54, 1.807) is 0 Å². The standard InChI is InChI=1S/C25H26N4OS/c1-16-11-12-22(13-17(16)2)28-18(3)14-23(19(28)4)24(30)15-31-25-27-26-20(5)29(25)21-9-7-6-8-10-21/h6-14H,15H2,1-5H3. The third-order valence-corrected chi connectivity index (χ3v) is 6.55. The van der Waals surface area contributed by atoms with E-state index in [9.17, 15) is 4.79 Å². The maximum absolute atomic E-state index is 13.1. The van der Waals surface area contributed by atoms with Crippen LogP contribution in [0.2, 0.25) is 0 Å². The number of nitrogens with zero attached hydrogens (tertiary/aromatic N) is 4. The maximum Gasteiger partial charge on any atom is 0.196 e. The molecular formula is C25H26N4OS. The third kappa shape index (κ3) is 4.08. The summed E-state index contributed by atoms with van der Waals surface area (Å²) in [6.45, 7) is 10.2. The van der Waals surface area contributed by atoms with Crippen molar-refractivity contribution in [1.82, 2.24) is 19.3 Å². The van der Waals surface area contributed by atoms with Crippen molar-refractivity contribution in [2.45, 2.75) is 39.8 Å². The van der Waals surface area contributed by atoms with Crippen molar-refractivity contribution in [3.05, 3.63) is 88.5 Å². The first-order chi connectivity index (χ1) is 14.9. The molecule has 4 aromatic rings. The number of carbonyl (C=O) groups is 1. The molecule has 158 valence electrons. The molecule has 0 bridgehead atoms. The quantitative estimate of drug-likeness (QED) is 0.296. The minimum absolute atomic E-state index is 0.0912. The summed E-state index contributed by atoms with van der Waals surface area (Å²) in [5.41, 5.74) is 7.35. The van der Waals surface area contributed by atoms with E-state index in [0.29, 0.717) is 5.75 Å². The number of benzene rings is 2. The Labute approximate surface area is 187 Å². The predicted octanol–water partition coefficient (Wildman–Crippen LogP) is 5.58. The Hall–Kier alpha value is -3.12. The number of aryl methyl sites for hydroxylation is 4. The van der Waals surface area contributed by atoms with Gasteiger partial charge in [-0.3, -0.25) is 9.36 Å². The normalized spacial score (nSPS) is 11.1. The molecule has 0 aliphatic heterocycles. The summed E-state index contributed by atoms with van der Waals surface area (Å²) >= 11 is 1.42. The first kappa shape index (κ1) is 21.1. The van der Waals surface area contributed by atoms with Gasteiger partial charge in [-0.1, -0.05) is 36.0 Å². The number of Topliss-reactive ketones (excluding diaryl/α,β-unsaturated/α-hetero) is 1. The van der Waals surface area contributed by atoms with Gasteiger partial charge in [0.1, 0.15) is 5.82 Å². The molecule has 6 heteroatoms. The Morgan fingerprint density at radius 3 is 2.29 bits per heavy atom. The van der Waals surface area contributed by atoms with E-state index in [4.69, 9.17) is 0 Å². The molecule has 2 heterocycles. The minimum atomic E-state index is 0.0912. The summed E-state index contributed by atoms with van der Waals surface area (Å²) in [7, 11) is 0. The SMILES string of the molecule is Cc1ccc(-n2c(C)cc(C(=O)CSc3nnc(C)n3-c3ccccc3)c2C)cc1C. The molecule has 2 aromatic carbocycles. The summed E-state index contributed by atoms with van der Waals surface area (Å²) in [6.07, 6.45) is 0. The van der Waals surface area contributed by atoms with Crippen LogP contribution in [0.4, 0.5) is 0 Å². The molecule has 2 aromatic heterocycles. The molecule has 0 radical (unpaired) electrons. The van der Waals surface area contributed by atoms with Crippen LogP contribution in [0, 0.1) is 34.6 Å². The number of hydrogen-bond acceptors (Lipinski definition) is 4. The van der Waals surface area contributed by atoms with Gasteiger partial charge in [-0.15, -0.1) is 10.2 Å². The van der Waals surface area contributed by atoms with Crippen molar-refractivity contribution in [1.29, 1.82) is 0 Å². The lowest BCUT2D eigenvalue weighted by molar-refractivity contribution is 0.102. The molecule has 0 aliphatic rings. The zero-order chi connectivity index (χ0) is 22.1. The lowest BCUT2D eigenvalue weighted by Crippen LogP contribution is -2.07. The average molecular weight is 431 g/mol. The molecule has 0 saturated carbocycles. The van der Waals surface area contributed by atoms with Crippen LogP contribution < -0.4 is 0 Å². The van der Waals surface area contributed by atoms with Crippen LogP contribution in [-0.4, -0.2) is 30.9 Å². The van der Waals surface area contributed by atoms with E-state index in [-0.39, 0.29) is 5.78 Å². The van der Waals surface area contributed by atoms with Gasteiger partial charge in [0.05, 0.1) is 5.75 Å². The highest BCUT2D eigenvalue weighted by Gasteiger charge is 2.19. The Bertz CT molecular complexity index is 1250. The fourth-order valence-electron chi connectivity index (χ4n) is 3.83. The summed E-state index contributed by atoms with van der Waals surface area (Å²) in [4.78, 5) is 13.1. The second-order valence-electron chi connectivity index (χ2n) is 7.80. The number of para-hydroxylation sites is 1. The van der Waals surface area contributed by atoms with Gasteiger partial charge in [-0.05, 0) is 76.1 Å². The average Bonchev–Trinajstić information content (AvgIpc) is 3.27. The van der Waals surface area contributed by atoms with Crippen molar-refractivity contribution >= 4 is 17.5 Å². The molecule has 0 amide bonds. The van der Waals surface area contributed by atoms with Gasteiger partial charge in [0, 0.05) is 28.3 Å². The van der Waals surface area contributed by atoms with Gasteiger partial charge in [0.15, 0.2) is 10.9 Å². The summed E-state index contributed by atoms with van der Waals surface area (Å²) < 4.78 is 4.14. The highest BCUT2D eigenvalue weighted by molar-refractivity contribution is 7.99. The van der Waals surface area contributed by atoms with Crippen molar-refractivity contribution in [2.24, 2.45) is 0 Å². The smallest absolute Gasteiger partial charge is 0.196 e. The Kier molecular flexibility index (Phi) is 5.83. The minimum Gasteiger partial charge on any atom is -0.318 e. The molecule has 31 heavy (non-hydrogen) atoms. The predicted molar refractivity (Wildman–Crippen MR) is 126 cm³/mol. The molecule has 0 spiro atoms. The second kappa shape index (κ2) is 8.55. The van der Waals surface area contributed by atoms with Crippen LogP contribution in [-0.2, 0) is 0 Å². The molecule has 5 nitrogen and oxygen atoms in total. The maximum atomic E-state index is 13.1. The van der Waals surface area contributed by atoms with E-state index in [1.165, 1.54) is 22.9 Å². The monoisotopic (exact) mass is 430 g/mol. The number of thioether (sulfide) groups is 1. The van der Waals surface area contributed by atoms with E-state index in [1.807, 2.05) is 61.7 Å². The lowest BCUT2D eigenvalue weighted by atomic mass is 10.1. The second-order valence-corrected chi connectivity index (χ2v) is 8.74. The first-order valence-corrected chi connectivity index (χ1v) is 11.3. The highest BCUT2D eigenvalue weighted by Crippen LogP contribution is 2.26. The van der Waals surface area contributed by atoms with Gasteiger partial charge >= 0.3 is 0 Å². The molecule has 0 fully saturated rings. The topological polar surface area (TPSA) is 52.7 Å². The fraction of sp³-hybridized carbons (Fsp3) is 0.240. The van der Waals surface area contributed by atoms with Gasteiger partial charge < -0.3 is 4.57 Å². The van der Waals surface area contributed by atoms with Crippen LogP contribution >= 0.6 is 11.8 Å². The van der Waals surface area contributed by atoms with E-state index in [0.717, 1.165) is 39.3 Å². The van der Waals surface area contributed by atoms with Gasteiger partial charge in [-0.25, -0.2) is 0 Å². The van der Waals surface area contributed by atoms with Gasteiger partial charge in [0.25, 0.3) is 0 Å². The summed E-state index contributed by atoms with van der Waals surface area (Å²) in [6, 6.07) is 18.4. The van der Waals surface area contributed by atoms with Crippen LogP contribution in [0.5, 0.6) is 0 Å². The lowest BCUT2D eigenvalue weighted by Gasteiger charge is -2.12. The molecule has 0 N–H and O–H groups in total. The van der Waals surface area contributed by atoms with Crippen molar-refractivity contribution < 1.29 is 4.79 Å². The van der Waals surface area contributed by atoms with E-state index < -0.39 is 0 Å². The number of hydrogen-bond donors (Lipinski definition) is 0. The first-order valence-electron chi connectivity index (χ1n) is 10.3. The van der Waals surface area contributed by atoms with Crippen molar-refractivity contribution in [3.8, 4) is 11.4 Å². The number of carbonyl (C=O) groups excluding carboxylic acids is 1. The van der Waals surface area contributed by atoms with Crippen LogP contribution in [0.3, 0.4) is 0 Å². The number of ketones is 1.